The van der Waals surface area contributed by atoms with Crippen LogP contribution in [0.2, 0.25) is 0 Å². The Labute approximate surface area is 170 Å². The van der Waals surface area contributed by atoms with Crippen molar-refractivity contribution in [3.05, 3.63) is 62.3 Å². The molecule has 1 fully saturated rings. The summed E-state index contributed by atoms with van der Waals surface area (Å²) < 4.78 is 0. The van der Waals surface area contributed by atoms with Crippen LogP contribution in [0, 0.1) is 0 Å². The lowest BCUT2D eigenvalue weighted by molar-refractivity contribution is -0.120. The van der Waals surface area contributed by atoms with Gasteiger partial charge in [0.2, 0.25) is 5.91 Å². The molecule has 0 radical (unpaired) electrons. The summed E-state index contributed by atoms with van der Waals surface area (Å²) in [6, 6.07) is 11.1. The van der Waals surface area contributed by atoms with Gasteiger partial charge in [0.25, 0.3) is 0 Å². The minimum Gasteiger partial charge on any atom is -0.395 e. The number of carbonyl (C=O) groups excluding carboxylic acids is 1. The Morgan fingerprint density at radius 1 is 1.14 bits per heavy atom. The average Bonchev–Trinajstić information content (AvgIpc) is 3.02. The van der Waals surface area contributed by atoms with Crippen molar-refractivity contribution in [1.82, 2.24) is 10.2 Å². The van der Waals surface area contributed by atoms with Crippen LogP contribution in [0.1, 0.15) is 39.3 Å². The number of thiophene rings is 1. The number of fused-ring (bicyclic) bond motifs is 2. The molecule has 0 saturated carbocycles. The van der Waals surface area contributed by atoms with Gasteiger partial charge in [0.15, 0.2) is 0 Å². The van der Waals surface area contributed by atoms with Crippen molar-refractivity contribution in [2.45, 2.75) is 32.1 Å². The third-order valence-electron chi connectivity index (χ3n) is 5.75. The molecule has 0 atom stereocenters. The van der Waals surface area contributed by atoms with Crippen LogP contribution in [-0.4, -0.2) is 49.2 Å². The summed E-state index contributed by atoms with van der Waals surface area (Å²) in [4.78, 5) is 17.1. The number of hydrogen-bond acceptors (Lipinski definition) is 4. The predicted octanol–water partition coefficient (Wildman–Crippen LogP) is 3.03. The minimum absolute atomic E-state index is 0.0145. The highest BCUT2D eigenvalue weighted by Gasteiger charge is 2.25. The number of nitrogens with one attached hydrogen (secondary N) is 1. The first-order valence-corrected chi connectivity index (χ1v) is 11.0. The third kappa shape index (κ3) is 4.07. The molecule has 4 rings (SSSR count). The first-order valence-electron chi connectivity index (χ1n) is 10.1. The summed E-state index contributed by atoms with van der Waals surface area (Å²) in [6.07, 6.45) is 4.71. The molecule has 4 nitrogen and oxygen atoms in total. The predicted molar refractivity (Wildman–Crippen MR) is 115 cm³/mol. The molecule has 28 heavy (non-hydrogen) atoms. The number of hydrogen-bond donors (Lipinski definition) is 2. The van der Waals surface area contributed by atoms with E-state index in [1.807, 2.05) is 0 Å². The second kappa shape index (κ2) is 8.60. The standard InChI is InChI=1S/C23H28N2O2S/c1-25-11-8-17(9-12-25)23-19-5-3-2-4-16(19)6-7-21-20(23)14-18(28-21)15-22(27)24-10-13-26/h2-5,14,26H,6-13,15H2,1H3,(H,24,27). The average molecular weight is 397 g/mol. The maximum absolute atomic E-state index is 12.1. The molecular weight excluding hydrogens is 368 g/mol. The van der Waals surface area contributed by atoms with E-state index in [0.717, 1.165) is 43.6 Å². The normalized spacial score (nSPS) is 17.1. The van der Waals surface area contributed by atoms with Crippen LogP contribution in [0.25, 0.3) is 5.57 Å². The Kier molecular flexibility index (Phi) is 5.95. The Balaban J connectivity index is 1.73. The van der Waals surface area contributed by atoms with Crippen molar-refractivity contribution in [3.63, 3.8) is 0 Å². The molecule has 2 heterocycles. The van der Waals surface area contributed by atoms with E-state index in [1.54, 1.807) is 16.9 Å². The lowest BCUT2D eigenvalue weighted by atomic mass is 9.87. The number of aliphatic hydroxyl groups excluding tert-OH is 1. The number of rotatable bonds is 4. The largest absolute Gasteiger partial charge is 0.395 e. The third-order valence-corrected chi connectivity index (χ3v) is 6.95. The Hall–Kier alpha value is -1.95. The van der Waals surface area contributed by atoms with E-state index in [2.05, 4.69) is 47.6 Å². The summed E-state index contributed by atoms with van der Waals surface area (Å²) >= 11 is 1.78. The fourth-order valence-corrected chi connectivity index (χ4v) is 5.45. The Morgan fingerprint density at radius 2 is 1.93 bits per heavy atom. The van der Waals surface area contributed by atoms with E-state index in [1.165, 1.54) is 27.1 Å². The molecule has 0 unspecified atom stereocenters. The molecule has 1 aliphatic heterocycles. The van der Waals surface area contributed by atoms with E-state index in [9.17, 15) is 4.79 Å². The second-order valence-electron chi connectivity index (χ2n) is 7.74. The highest BCUT2D eigenvalue weighted by atomic mass is 32.1. The van der Waals surface area contributed by atoms with Gasteiger partial charge in [-0.2, -0.15) is 0 Å². The molecule has 0 spiro atoms. The zero-order valence-corrected chi connectivity index (χ0v) is 17.3. The van der Waals surface area contributed by atoms with Crippen molar-refractivity contribution < 1.29 is 9.90 Å². The summed E-state index contributed by atoms with van der Waals surface area (Å²) in [7, 11) is 2.20. The van der Waals surface area contributed by atoms with Gasteiger partial charge >= 0.3 is 0 Å². The summed E-state index contributed by atoms with van der Waals surface area (Å²) in [5.74, 6) is -0.0145. The lowest BCUT2D eigenvalue weighted by Crippen LogP contribution is -2.27. The van der Waals surface area contributed by atoms with Crippen LogP contribution in [0.15, 0.2) is 35.9 Å². The van der Waals surface area contributed by atoms with Crippen LogP contribution in [-0.2, 0) is 24.1 Å². The van der Waals surface area contributed by atoms with Crippen molar-refractivity contribution in [2.24, 2.45) is 0 Å². The van der Waals surface area contributed by atoms with Gasteiger partial charge in [-0.05, 0) is 61.1 Å². The Bertz CT molecular complexity index is 890. The molecule has 148 valence electrons. The molecule has 1 aromatic carbocycles. The maximum atomic E-state index is 12.1. The van der Waals surface area contributed by atoms with Crippen LogP contribution in [0.3, 0.4) is 0 Å². The highest BCUT2D eigenvalue weighted by molar-refractivity contribution is 7.12. The van der Waals surface area contributed by atoms with Gasteiger partial charge in [-0.1, -0.05) is 29.8 Å². The van der Waals surface area contributed by atoms with Crippen LogP contribution in [0.4, 0.5) is 0 Å². The molecule has 0 bridgehead atoms. The monoisotopic (exact) mass is 396 g/mol. The van der Waals surface area contributed by atoms with Crippen molar-refractivity contribution in [2.75, 3.05) is 33.3 Å². The van der Waals surface area contributed by atoms with E-state index in [-0.39, 0.29) is 12.5 Å². The first-order chi connectivity index (χ1) is 13.7. The molecule has 1 aliphatic carbocycles. The molecule has 2 N–H and O–H groups in total. The quantitative estimate of drug-likeness (QED) is 0.835. The first kappa shape index (κ1) is 19.4. The summed E-state index contributed by atoms with van der Waals surface area (Å²) in [5.41, 5.74) is 7.15. The van der Waals surface area contributed by atoms with Gasteiger partial charge in [-0.15, -0.1) is 11.3 Å². The zero-order valence-electron chi connectivity index (χ0n) is 16.5. The number of benzene rings is 1. The molecule has 5 heteroatoms. The fraction of sp³-hybridized carbons (Fsp3) is 0.435. The number of piperidine rings is 1. The van der Waals surface area contributed by atoms with E-state index >= 15 is 0 Å². The van der Waals surface area contributed by atoms with Crippen molar-refractivity contribution in [1.29, 1.82) is 0 Å². The highest BCUT2D eigenvalue weighted by Crippen LogP contribution is 2.41. The Morgan fingerprint density at radius 3 is 2.71 bits per heavy atom. The fourth-order valence-electron chi connectivity index (χ4n) is 4.28. The maximum Gasteiger partial charge on any atom is 0.225 e. The number of likely N-dealkylation sites (tertiary alicyclic amines) is 1. The molecule has 1 amide bonds. The molecule has 1 aromatic heterocycles. The smallest absolute Gasteiger partial charge is 0.225 e. The van der Waals surface area contributed by atoms with Gasteiger partial charge in [-0.3, -0.25) is 4.79 Å². The van der Waals surface area contributed by atoms with Gasteiger partial charge in [0.05, 0.1) is 13.0 Å². The van der Waals surface area contributed by atoms with Gasteiger partial charge < -0.3 is 15.3 Å². The van der Waals surface area contributed by atoms with E-state index in [0.29, 0.717) is 13.0 Å². The summed E-state index contributed by atoms with van der Waals surface area (Å²) in [5, 5.41) is 11.7. The summed E-state index contributed by atoms with van der Waals surface area (Å²) in [6.45, 7) is 2.52. The molecular formula is C23H28N2O2S. The molecule has 1 saturated heterocycles. The van der Waals surface area contributed by atoms with Crippen LogP contribution >= 0.6 is 11.3 Å². The van der Waals surface area contributed by atoms with Gasteiger partial charge in [0, 0.05) is 29.4 Å². The zero-order chi connectivity index (χ0) is 19.5. The van der Waals surface area contributed by atoms with Crippen LogP contribution < -0.4 is 5.32 Å². The number of amides is 1. The van der Waals surface area contributed by atoms with Gasteiger partial charge in [-0.25, -0.2) is 0 Å². The van der Waals surface area contributed by atoms with Gasteiger partial charge in [0.1, 0.15) is 0 Å². The van der Waals surface area contributed by atoms with Crippen LogP contribution in [0.5, 0.6) is 0 Å². The second-order valence-corrected chi connectivity index (χ2v) is 8.96. The number of aryl methyl sites for hydroxylation is 2. The SMILES string of the molecule is CN1CCC(=C2c3ccccc3CCc3sc(CC(=O)NCCO)cc32)CC1. The number of nitrogens with zero attached hydrogens (tertiary/aromatic N) is 1. The van der Waals surface area contributed by atoms with Crippen molar-refractivity contribution >= 4 is 22.8 Å². The number of aliphatic hydroxyl groups is 1. The topological polar surface area (TPSA) is 52.6 Å². The molecule has 2 aliphatic rings. The van der Waals surface area contributed by atoms with E-state index in [4.69, 9.17) is 5.11 Å². The minimum atomic E-state index is -0.0197. The molecule has 2 aromatic rings. The lowest BCUT2D eigenvalue weighted by Gasteiger charge is -2.27. The van der Waals surface area contributed by atoms with E-state index < -0.39 is 0 Å². The number of carbonyl (C=O) groups is 1. The van der Waals surface area contributed by atoms with Crippen molar-refractivity contribution in [3.8, 4) is 0 Å².